The van der Waals surface area contributed by atoms with Crippen LogP contribution in [0.2, 0.25) is 0 Å². The van der Waals surface area contributed by atoms with Gasteiger partial charge in [-0.25, -0.2) is 4.68 Å². The Labute approximate surface area is 121 Å². The van der Waals surface area contributed by atoms with Gasteiger partial charge in [-0.3, -0.25) is 14.5 Å². The van der Waals surface area contributed by atoms with Crippen LogP contribution in [0.25, 0.3) is 0 Å². The summed E-state index contributed by atoms with van der Waals surface area (Å²) < 4.78 is 1.47. The van der Waals surface area contributed by atoms with Gasteiger partial charge < -0.3 is 5.84 Å². The Hall–Kier alpha value is -1.57. The predicted octanol–water partition coefficient (Wildman–Crippen LogP) is 0.531. The van der Waals surface area contributed by atoms with E-state index in [1.807, 2.05) is 20.8 Å². The lowest BCUT2D eigenvalue weighted by Crippen LogP contribution is -2.31. The maximum absolute atomic E-state index is 11.5. The highest BCUT2D eigenvalue weighted by Gasteiger charge is 2.28. The lowest BCUT2D eigenvalue weighted by atomic mass is 9.96. The van der Waals surface area contributed by atoms with Crippen LogP contribution in [0, 0.1) is 0 Å². The molecule has 110 valence electrons. The highest BCUT2D eigenvalue weighted by molar-refractivity contribution is 7.99. The first-order valence-electron chi connectivity index (χ1n) is 6.47. The van der Waals surface area contributed by atoms with E-state index < -0.39 is 0 Å². The molecular weight excluding hydrogens is 278 g/mol. The normalized spacial score (nSPS) is 16.2. The zero-order valence-corrected chi connectivity index (χ0v) is 12.7. The Balaban J connectivity index is 1.94. The zero-order valence-electron chi connectivity index (χ0n) is 11.9. The second kappa shape index (κ2) is 5.43. The third-order valence-electron chi connectivity index (χ3n) is 3.04. The first-order valence-corrected chi connectivity index (χ1v) is 7.46. The van der Waals surface area contributed by atoms with Crippen molar-refractivity contribution in [2.75, 3.05) is 18.1 Å². The number of thioether (sulfide) groups is 1. The van der Waals surface area contributed by atoms with Gasteiger partial charge >= 0.3 is 0 Å². The summed E-state index contributed by atoms with van der Waals surface area (Å²) in [6.07, 6.45) is 0.648. The molecular formula is C12H19N5O2S. The quantitative estimate of drug-likeness (QED) is 0.495. The first kappa shape index (κ1) is 14.8. The summed E-state index contributed by atoms with van der Waals surface area (Å²) in [7, 11) is 0. The molecule has 1 aliphatic rings. The Morgan fingerprint density at radius 1 is 1.20 bits per heavy atom. The van der Waals surface area contributed by atoms with Gasteiger partial charge in [0.05, 0.1) is 0 Å². The highest BCUT2D eigenvalue weighted by atomic mass is 32.2. The molecule has 0 atom stereocenters. The van der Waals surface area contributed by atoms with Gasteiger partial charge in [-0.2, -0.15) is 0 Å². The third-order valence-corrected chi connectivity index (χ3v) is 3.96. The van der Waals surface area contributed by atoms with Crippen molar-refractivity contribution in [3.05, 3.63) is 5.82 Å². The number of carbonyl (C=O) groups is 2. The maximum atomic E-state index is 11.5. The van der Waals surface area contributed by atoms with Crippen molar-refractivity contribution in [3.63, 3.8) is 0 Å². The van der Waals surface area contributed by atoms with Gasteiger partial charge in [0.15, 0.2) is 5.82 Å². The van der Waals surface area contributed by atoms with Gasteiger partial charge in [0.1, 0.15) is 0 Å². The van der Waals surface area contributed by atoms with E-state index in [1.165, 1.54) is 21.3 Å². The molecule has 1 aliphatic heterocycles. The van der Waals surface area contributed by atoms with E-state index in [9.17, 15) is 9.59 Å². The smallest absolute Gasteiger partial charge is 0.229 e. The van der Waals surface area contributed by atoms with Crippen LogP contribution in [-0.4, -0.2) is 43.9 Å². The van der Waals surface area contributed by atoms with E-state index in [0.717, 1.165) is 0 Å². The number of rotatable bonds is 4. The van der Waals surface area contributed by atoms with E-state index in [1.54, 1.807) is 0 Å². The molecule has 1 saturated heterocycles. The monoisotopic (exact) mass is 297 g/mol. The number of imide groups is 1. The molecule has 7 nitrogen and oxygen atoms in total. The second-order valence-electron chi connectivity index (χ2n) is 5.71. The molecule has 8 heteroatoms. The van der Waals surface area contributed by atoms with Crippen LogP contribution in [0.5, 0.6) is 0 Å². The molecule has 2 amide bonds. The van der Waals surface area contributed by atoms with Gasteiger partial charge in [0, 0.05) is 30.6 Å². The van der Waals surface area contributed by atoms with Crippen molar-refractivity contribution >= 4 is 23.6 Å². The summed E-state index contributed by atoms with van der Waals surface area (Å²) in [4.78, 5) is 24.2. The van der Waals surface area contributed by atoms with Crippen LogP contribution in [-0.2, 0) is 15.0 Å². The number of aromatic nitrogens is 3. The van der Waals surface area contributed by atoms with E-state index in [4.69, 9.17) is 5.84 Å². The summed E-state index contributed by atoms with van der Waals surface area (Å²) in [6.45, 7) is 6.42. The SMILES string of the molecule is CC(C)(C)c1nnc(SCCN2C(=O)CCC2=O)n1N. The third kappa shape index (κ3) is 2.95. The molecule has 0 spiro atoms. The molecule has 0 aliphatic carbocycles. The number of hydrogen-bond donors (Lipinski definition) is 1. The Morgan fingerprint density at radius 2 is 1.80 bits per heavy atom. The van der Waals surface area contributed by atoms with Crippen molar-refractivity contribution in [2.24, 2.45) is 0 Å². The van der Waals surface area contributed by atoms with Crippen molar-refractivity contribution in [2.45, 2.75) is 44.2 Å². The van der Waals surface area contributed by atoms with E-state index in [-0.39, 0.29) is 17.2 Å². The van der Waals surface area contributed by atoms with Crippen LogP contribution in [0.3, 0.4) is 0 Å². The van der Waals surface area contributed by atoms with Crippen molar-refractivity contribution in [3.8, 4) is 0 Å². The number of nitrogen functional groups attached to an aromatic ring is 1. The van der Waals surface area contributed by atoms with Crippen LogP contribution < -0.4 is 5.84 Å². The standard InChI is InChI=1S/C12H19N5O2S/c1-12(2,3)10-14-15-11(17(10)13)20-7-6-16-8(18)4-5-9(16)19/h4-7,13H2,1-3H3. The summed E-state index contributed by atoms with van der Waals surface area (Å²) in [6, 6.07) is 0. The fourth-order valence-electron chi connectivity index (χ4n) is 1.99. The minimum Gasteiger partial charge on any atom is -0.336 e. The number of likely N-dealkylation sites (tertiary alicyclic amines) is 1. The highest BCUT2D eigenvalue weighted by Crippen LogP contribution is 2.23. The van der Waals surface area contributed by atoms with Gasteiger partial charge in [0.2, 0.25) is 17.0 Å². The average Bonchev–Trinajstić information content (AvgIpc) is 2.86. The molecule has 0 saturated carbocycles. The Morgan fingerprint density at radius 3 is 2.30 bits per heavy atom. The fourth-order valence-corrected chi connectivity index (χ4v) is 2.77. The van der Waals surface area contributed by atoms with Gasteiger partial charge in [0.25, 0.3) is 0 Å². The number of nitrogens with zero attached hydrogens (tertiary/aromatic N) is 4. The van der Waals surface area contributed by atoms with Crippen molar-refractivity contribution < 1.29 is 9.59 Å². The summed E-state index contributed by atoms with van der Waals surface area (Å²) in [5, 5.41) is 8.73. The average molecular weight is 297 g/mol. The van der Waals surface area contributed by atoms with Crippen LogP contribution in [0.4, 0.5) is 0 Å². The zero-order chi connectivity index (χ0) is 14.9. The molecule has 0 bridgehead atoms. The molecule has 0 aromatic carbocycles. The fraction of sp³-hybridized carbons (Fsp3) is 0.667. The predicted molar refractivity (Wildman–Crippen MR) is 75.6 cm³/mol. The van der Waals surface area contributed by atoms with E-state index >= 15 is 0 Å². The number of amides is 2. The summed E-state index contributed by atoms with van der Waals surface area (Å²) >= 11 is 1.39. The Bertz CT molecular complexity index is 518. The topological polar surface area (TPSA) is 94.1 Å². The van der Waals surface area contributed by atoms with Crippen LogP contribution in [0.15, 0.2) is 5.16 Å². The minimum absolute atomic E-state index is 0.0970. The molecule has 2 N–H and O–H groups in total. The van der Waals surface area contributed by atoms with Crippen molar-refractivity contribution in [1.29, 1.82) is 0 Å². The van der Waals surface area contributed by atoms with E-state index in [2.05, 4.69) is 10.2 Å². The number of carbonyl (C=O) groups excluding carboxylic acids is 2. The maximum Gasteiger partial charge on any atom is 0.229 e. The molecule has 0 unspecified atom stereocenters. The molecule has 2 rings (SSSR count). The Kier molecular flexibility index (Phi) is 4.03. The second-order valence-corrected chi connectivity index (χ2v) is 6.78. The number of nitrogens with two attached hydrogens (primary N) is 1. The lowest BCUT2D eigenvalue weighted by molar-refractivity contribution is -0.137. The summed E-state index contributed by atoms with van der Waals surface area (Å²) in [5.74, 6) is 7.04. The molecule has 20 heavy (non-hydrogen) atoms. The number of hydrogen-bond acceptors (Lipinski definition) is 6. The first-order chi connectivity index (χ1) is 9.30. The summed E-state index contributed by atoms with van der Waals surface area (Å²) in [5.41, 5.74) is -0.179. The van der Waals surface area contributed by atoms with Gasteiger partial charge in [-0.15, -0.1) is 10.2 Å². The van der Waals surface area contributed by atoms with Gasteiger partial charge in [-0.1, -0.05) is 32.5 Å². The van der Waals surface area contributed by atoms with E-state index in [0.29, 0.717) is 36.1 Å². The molecule has 2 heterocycles. The van der Waals surface area contributed by atoms with Crippen LogP contribution >= 0.6 is 11.8 Å². The molecule has 1 aromatic rings. The molecule has 0 radical (unpaired) electrons. The minimum atomic E-state index is -0.179. The lowest BCUT2D eigenvalue weighted by Gasteiger charge is -2.16. The molecule has 1 aromatic heterocycles. The van der Waals surface area contributed by atoms with Gasteiger partial charge in [-0.05, 0) is 0 Å². The molecule has 1 fully saturated rings. The van der Waals surface area contributed by atoms with Crippen molar-refractivity contribution in [1.82, 2.24) is 19.8 Å². The van der Waals surface area contributed by atoms with Crippen LogP contribution in [0.1, 0.15) is 39.4 Å². The largest absolute Gasteiger partial charge is 0.336 e.